The highest BCUT2D eigenvalue weighted by Crippen LogP contribution is 2.25. The Hall–Kier alpha value is -2.15. The van der Waals surface area contributed by atoms with Crippen molar-refractivity contribution in [3.63, 3.8) is 0 Å². The number of carbonyl (C=O) groups excluding carboxylic acids is 1. The van der Waals surface area contributed by atoms with E-state index in [1.165, 1.54) is 11.3 Å². The van der Waals surface area contributed by atoms with Gasteiger partial charge in [0.1, 0.15) is 11.3 Å². The van der Waals surface area contributed by atoms with Crippen LogP contribution in [0.5, 0.6) is 0 Å². The van der Waals surface area contributed by atoms with Gasteiger partial charge < -0.3 is 14.8 Å². The Kier molecular flexibility index (Phi) is 5.86. The number of hydrogen-bond donors (Lipinski definition) is 2. The number of hydrogen-bond acceptors (Lipinski definition) is 5. The van der Waals surface area contributed by atoms with Crippen molar-refractivity contribution in [2.75, 3.05) is 0 Å². The number of nitrogens with one attached hydrogen (secondary N) is 1. The fourth-order valence-electron chi connectivity index (χ4n) is 3.28. The molecule has 1 amide bonds. The normalized spacial score (nSPS) is 21.3. The van der Waals surface area contributed by atoms with Crippen LogP contribution in [0.2, 0.25) is 0 Å². The molecule has 1 fully saturated rings. The Morgan fingerprint density at radius 1 is 1.28 bits per heavy atom. The van der Waals surface area contributed by atoms with E-state index in [2.05, 4.69) is 10.3 Å². The van der Waals surface area contributed by atoms with E-state index in [-0.39, 0.29) is 18.4 Å². The third-order valence-corrected chi connectivity index (χ3v) is 5.53. The van der Waals surface area contributed by atoms with Crippen LogP contribution in [0.15, 0.2) is 28.4 Å². The molecule has 1 aliphatic rings. The van der Waals surface area contributed by atoms with Gasteiger partial charge in [0.25, 0.3) is 0 Å². The zero-order valence-electron chi connectivity index (χ0n) is 13.9. The van der Waals surface area contributed by atoms with Gasteiger partial charge in [0.2, 0.25) is 5.91 Å². The first-order chi connectivity index (χ1) is 12.1. The highest BCUT2D eigenvalue weighted by atomic mass is 32.1. The summed E-state index contributed by atoms with van der Waals surface area (Å²) in [6.07, 6.45) is 8.75. The molecule has 0 radical (unpaired) electrons. The summed E-state index contributed by atoms with van der Waals surface area (Å²) in [4.78, 5) is 28.4. The van der Waals surface area contributed by atoms with Crippen LogP contribution >= 0.6 is 11.3 Å². The number of nitrogens with zero attached hydrogens (tertiary/aromatic N) is 1. The molecule has 0 aromatic carbocycles. The minimum atomic E-state index is -0.817. The first-order valence-electron chi connectivity index (χ1n) is 8.62. The van der Waals surface area contributed by atoms with Crippen molar-refractivity contribution in [2.24, 2.45) is 5.92 Å². The van der Waals surface area contributed by atoms with Gasteiger partial charge in [-0.2, -0.15) is 0 Å². The topological polar surface area (TPSA) is 92.4 Å². The summed E-state index contributed by atoms with van der Waals surface area (Å²) in [5.74, 6) is -1.48. The van der Waals surface area contributed by atoms with E-state index < -0.39 is 11.9 Å². The molecule has 25 heavy (non-hydrogen) atoms. The summed E-state index contributed by atoms with van der Waals surface area (Å²) in [5.41, 5.74) is 1.58. The Balaban J connectivity index is 1.61. The zero-order valence-corrected chi connectivity index (χ0v) is 14.8. The monoisotopic (exact) mass is 362 g/mol. The van der Waals surface area contributed by atoms with Crippen molar-refractivity contribution in [1.29, 1.82) is 0 Å². The highest BCUT2D eigenvalue weighted by Gasteiger charge is 2.29. The van der Waals surface area contributed by atoms with E-state index in [1.54, 1.807) is 12.5 Å². The Labute approximate surface area is 150 Å². The molecular weight excluding hydrogens is 340 g/mol. The lowest BCUT2D eigenvalue weighted by Gasteiger charge is -2.27. The molecule has 2 atom stereocenters. The molecule has 2 aromatic heterocycles. The molecular formula is C18H22N2O4S. The summed E-state index contributed by atoms with van der Waals surface area (Å²) < 4.78 is 5.05. The zero-order chi connectivity index (χ0) is 17.6. The quantitative estimate of drug-likeness (QED) is 0.849. The lowest BCUT2D eigenvalue weighted by atomic mass is 9.86. The molecule has 2 aromatic rings. The van der Waals surface area contributed by atoms with Crippen LogP contribution in [-0.2, 0) is 16.0 Å². The third-order valence-electron chi connectivity index (χ3n) is 4.59. The second-order valence-electron chi connectivity index (χ2n) is 6.44. The number of furan rings is 1. The molecule has 2 N–H and O–H groups in total. The number of amides is 1. The number of thiazole rings is 1. The van der Waals surface area contributed by atoms with Gasteiger partial charge in [0.05, 0.1) is 24.3 Å². The average Bonchev–Trinajstić information content (AvgIpc) is 3.20. The van der Waals surface area contributed by atoms with E-state index in [0.29, 0.717) is 12.1 Å². The lowest BCUT2D eigenvalue weighted by molar-refractivity contribution is -0.143. The van der Waals surface area contributed by atoms with E-state index in [0.717, 1.165) is 42.7 Å². The molecule has 0 spiro atoms. The number of aromatic nitrogens is 1. The predicted molar refractivity (Wildman–Crippen MR) is 94.3 cm³/mol. The van der Waals surface area contributed by atoms with Gasteiger partial charge in [-0.25, -0.2) is 4.98 Å². The molecule has 3 rings (SSSR count). The van der Waals surface area contributed by atoms with E-state index in [9.17, 15) is 14.7 Å². The maximum Gasteiger partial charge on any atom is 0.308 e. The van der Waals surface area contributed by atoms with Crippen LogP contribution < -0.4 is 5.32 Å². The van der Waals surface area contributed by atoms with Gasteiger partial charge in [-0.1, -0.05) is 25.7 Å². The van der Waals surface area contributed by atoms with Crippen molar-refractivity contribution in [1.82, 2.24) is 10.3 Å². The average molecular weight is 362 g/mol. The summed E-state index contributed by atoms with van der Waals surface area (Å²) >= 11 is 1.46. The smallest absolute Gasteiger partial charge is 0.308 e. The highest BCUT2D eigenvalue weighted by molar-refractivity contribution is 7.13. The third kappa shape index (κ3) is 4.69. The van der Waals surface area contributed by atoms with Crippen molar-refractivity contribution in [2.45, 2.75) is 51.0 Å². The molecule has 6 nitrogen and oxygen atoms in total. The Morgan fingerprint density at radius 3 is 2.80 bits per heavy atom. The van der Waals surface area contributed by atoms with Gasteiger partial charge in [-0.15, -0.1) is 11.3 Å². The maximum atomic E-state index is 12.4. The standard InChI is InChI=1S/C18H22N2O4S/c21-16(9-13-11-25-17(19-13)12-7-8-24-10-12)20-15-6-4-2-1-3-5-14(15)18(22)23/h7-8,10-11,14-15H,1-6,9H2,(H,20,21)(H,22,23). The minimum Gasteiger partial charge on any atom is -0.481 e. The molecule has 1 aliphatic carbocycles. The van der Waals surface area contributed by atoms with Crippen molar-refractivity contribution in [3.8, 4) is 10.6 Å². The molecule has 1 saturated carbocycles. The van der Waals surface area contributed by atoms with Crippen LogP contribution in [0.1, 0.15) is 44.2 Å². The van der Waals surface area contributed by atoms with E-state index in [1.807, 2.05) is 11.4 Å². The molecule has 0 aliphatic heterocycles. The first-order valence-corrected chi connectivity index (χ1v) is 9.50. The number of carboxylic acids is 1. The number of carboxylic acid groups (broad SMARTS) is 1. The molecule has 0 bridgehead atoms. The predicted octanol–water partition coefficient (Wildman–Crippen LogP) is 3.49. The number of aliphatic carboxylic acids is 1. The molecule has 0 saturated heterocycles. The van der Waals surface area contributed by atoms with Crippen LogP contribution in [0.25, 0.3) is 10.6 Å². The molecule has 2 heterocycles. The van der Waals surface area contributed by atoms with E-state index >= 15 is 0 Å². The number of rotatable bonds is 5. The summed E-state index contributed by atoms with van der Waals surface area (Å²) in [6, 6.07) is 1.53. The van der Waals surface area contributed by atoms with Crippen LogP contribution in [-0.4, -0.2) is 28.0 Å². The van der Waals surface area contributed by atoms with Gasteiger partial charge in [-0.3, -0.25) is 9.59 Å². The van der Waals surface area contributed by atoms with Gasteiger partial charge >= 0.3 is 5.97 Å². The van der Waals surface area contributed by atoms with Crippen LogP contribution in [0.4, 0.5) is 0 Å². The van der Waals surface area contributed by atoms with E-state index in [4.69, 9.17) is 4.42 Å². The summed E-state index contributed by atoms with van der Waals surface area (Å²) in [5, 5.41) is 15.1. The van der Waals surface area contributed by atoms with Gasteiger partial charge in [0.15, 0.2) is 0 Å². The Bertz CT molecular complexity index is 710. The van der Waals surface area contributed by atoms with Crippen LogP contribution in [0.3, 0.4) is 0 Å². The SMILES string of the molecule is O=C(Cc1csc(-c2ccoc2)n1)NC1CCCCCCC1C(=O)O. The molecule has 134 valence electrons. The maximum absolute atomic E-state index is 12.4. The largest absolute Gasteiger partial charge is 0.481 e. The minimum absolute atomic E-state index is 0.164. The summed E-state index contributed by atoms with van der Waals surface area (Å²) in [7, 11) is 0. The fraction of sp³-hybridized carbons (Fsp3) is 0.500. The second-order valence-corrected chi connectivity index (χ2v) is 7.30. The van der Waals surface area contributed by atoms with Crippen molar-refractivity contribution in [3.05, 3.63) is 29.7 Å². The van der Waals surface area contributed by atoms with Crippen molar-refractivity contribution >= 4 is 23.2 Å². The molecule has 7 heteroatoms. The van der Waals surface area contributed by atoms with Gasteiger partial charge in [0, 0.05) is 17.0 Å². The number of carbonyl (C=O) groups is 2. The first kappa shape index (κ1) is 17.7. The fourth-order valence-corrected chi connectivity index (χ4v) is 4.09. The van der Waals surface area contributed by atoms with Gasteiger partial charge in [-0.05, 0) is 18.9 Å². The lowest BCUT2D eigenvalue weighted by Crippen LogP contribution is -2.44. The Morgan fingerprint density at radius 2 is 2.08 bits per heavy atom. The second kappa shape index (κ2) is 8.29. The van der Waals surface area contributed by atoms with Crippen LogP contribution in [0, 0.1) is 5.92 Å². The van der Waals surface area contributed by atoms with Crippen molar-refractivity contribution < 1.29 is 19.1 Å². The molecule has 2 unspecified atom stereocenters. The summed E-state index contributed by atoms with van der Waals surface area (Å²) in [6.45, 7) is 0.